The highest BCUT2D eigenvalue weighted by molar-refractivity contribution is 6.30. The van der Waals surface area contributed by atoms with Crippen LogP contribution in [0.3, 0.4) is 0 Å². The van der Waals surface area contributed by atoms with Gasteiger partial charge in [-0.05, 0) is 38.0 Å². The standard InChI is InChI=1S/C16H24ClN3O/c1-13(18)4-2-7-16(21)20-10-8-19(9-11-20)15-6-3-5-14(17)12-15/h3,5-6,12-13H,2,4,7-11,18H2,1H3. The number of carbonyl (C=O) groups excluding carboxylic acids is 1. The topological polar surface area (TPSA) is 49.6 Å². The third-order valence-corrected chi connectivity index (χ3v) is 4.09. The van der Waals surface area contributed by atoms with Crippen molar-refractivity contribution >= 4 is 23.2 Å². The zero-order chi connectivity index (χ0) is 15.2. The van der Waals surface area contributed by atoms with E-state index in [0.717, 1.165) is 49.7 Å². The summed E-state index contributed by atoms with van der Waals surface area (Å²) in [5, 5.41) is 0.752. The van der Waals surface area contributed by atoms with Crippen LogP contribution in [0, 0.1) is 0 Å². The Bertz CT molecular complexity index is 470. The number of halogens is 1. The van der Waals surface area contributed by atoms with Crippen LogP contribution < -0.4 is 10.6 Å². The van der Waals surface area contributed by atoms with Gasteiger partial charge in [0.25, 0.3) is 0 Å². The summed E-state index contributed by atoms with van der Waals surface area (Å²) in [6.07, 6.45) is 2.40. The Morgan fingerprint density at radius 2 is 2.05 bits per heavy atom. The molecule has 1 fully saturated rings. The Hall–Kier alpha value is -1.26. The van der Waals surface area contributed by atoms with Crippen molar-refractivity contribution in [3.8, 4) is 0 Å². The highest BCUT2D eigenvalue weighted by Crippen LogP contribution is 2.21. The minimum Gasteiger partial charge on any atom is -0.368 e. The fourth-order valence-electron chi connectivity index (χ4n) is 2.62. The van der Waals surface area contributed by atoms with Crippen LogP contribution in [0.15, 0.2) is 24.3 Å². The predicted molar refractivity (Wildman–Crippen MR) is 87.7 cm³/mol. The van der Waals surface area contributed by atoms with Crippen LogP contribution in [0.4, 0.5) is 5.69 Å². The normalized spacial score (nSPS) is 16.9. The van der Waals surface area contributed by atoms with Crippen molar-refractivity contribution in [1.29, 1.82) is 0 Å². The van der Waals surface area contributed by atoms with Gasteiger partial charge >= 0.3 is 0 Å². The number of anilines is 1. The summed E-state index contributed by atoms with van der Waals surface area (Å²) in [7, 11) is 0. The van der Waals surface area contributed by atoms with Crippen molar-refractivity contribution in [3.63, 3.8) is 0 Å². The van der Waals surface area contributed by atoms with Gasteiger partial charge < -0.3 is 15.5 Å². The largest absolute Gasteiger partial charge is 0.368 e. The molecule has 1 heterocycles. The third kappa shape index (κ3) is 4.90. The van der Waals surface area contributed by atoms with E-state index < -0.39 is 0 Å². The molecule has 0 saturated carbocycles. The van der Waals surface area contributed by atoms with Crippen LogP contribution >= 0.6 is 11.6 Å². The Balaban J connectivity index is 1.79. The highest BCUT2D eigenvalue weighted by atomic mass is 35.5. The fraction of sp³-hybridized carbons (Fsp3) is 0.562. The first kappa shape index (κ1) is 16.1. The number of benzene rings is 1. The SMILES string of the molecule is CC(N)CCCC(=O)N1CCN(c2cccc(Cl)c2)CC1. The van der Waals surface area contributed by atoms with Crippen LogP contribution in [0.25, 0.3) is 0 Å². The quantitative estimate of drug-likeness (QED) is 0.909. The lowest BCUT2D eigenvalue weighted by molar-refractivity contribution is -0.131. The molecule has 4 nitrogen and oxygen atoms in total. The van der Waals surface area contributed by atoms with Gasteiger partial charge in [-0.2, -0.15) is 0 Å². The Kier molecular flexibility index (Phi) is 5.88. The Morgan fingerprint density at radius 1 is 1.33 bits per heavy atom. The number of nitrogens with two attached hydrogens (primary N) is 1. The Morgan fingerprint density at radius 3 is 2.67 bits per heavy atom. The second-order valence-electron chi connectivity index (χ2n) is 5.72. The van der Waals surface area contributed by atoms with E-state index in [1.807, 2.05) is 30.0 Å². The van der Waals surface area contributed by atoms with Crippen molar-refractivity contribution in [1.82, 2.24) is 4.90 Å². The molecule has 1 aromatic carbocycles. The zero-order valence-corrected chi connectivity index (χ0v) is 13.4. The minimum atomic E-state index is 0.178. The molecule has 21 heavy (non-hydrogen) atoms. The van der Waals surface area contributed by atoms with Gasteiger partial charge in [0, 0.05) is 49.4 Å². The molecule has 1 unspecified atom stereocenters. The molecule has 116 valence electrons. The van der Waals surface area contributed by atoms with E-state index >= 15 is 0 Å². The molecular weight excluding hydrogens is 286 g/mol. The number of nitrogens with zero attached hydrogens (tertiary/aromatic N) is 2. The molecule has 1 amide bonds. The van der Waals surface area contributed by atoms with Gasteiger partial charge in [0.05, 0.1) is 0 Å². The summed E-state index contributed by atoms with van der Waals surface area (Å²) in [5.74, 6) is 0.251. The molecule has 0 bridgehead atoms. The molecule has 0 radical (unpaired) electrons. The van der Waals surface area contributed by atoms with Gasteiger partial charge in [-0.15, -0.1) is 0 Å². The lowest BCUT2D eigenvalue weighted by Crippen LogP contribution is -2.48. The van der Waals surface area contributed by atoms with Crippen LogP contribution in [-0.4, -0.2) is 43.0 Å². The molecule has 0 aliphatic carbocycles. The molecule has 1 aliphatic rings. The number of hydrogen-bond donors (Lipinski definition) is 1. The van der Waals surface area contributed by atoms with E-state index in [2.05, 4.69) is 11.0 Å². The van der Waals surface area contributed by atoms with E-state index in [4.69, 9.17) is 17.3 Å². The van der Waals surface area contributed by atoms with Crippen LogP contribution in [0.5, 0.6) is 0 Å². The summed E-state index contributed by atoms with van der Waals surface area (Å²) < 4.78 is 0. The lowest BCUT2D eigenvalue weighted by Gasteiger charge is -2.36. The van der Waals surface area contributed by atoms with Crippen molar-refractivity contribution in [2.75, 3.05) is 31.1 Å². The van der Waals surface area contributed by atoms with Crippen LogP contribution in [0.2, 0.25) is 5.02 Å². The van der Waals surface area contributed by atoms with E-state index in [1.165, 1.54) is 0 Å². The van der Waals surface area contributed by atoms with Crippen molar-refractivity contribution < 1.29 is 4.79 Å². The summed E-state index contributed by atoms with van der Waals surface area (Å²) in [6, 6.07) is 8.05. The van der Waals surface area contributed by atoms with Crippen molar-refractivity contribution in [3.05, 3.63) is 29.3 Å². The maximum absolute atomic E-state index is 12.1. The summed E-state index contributed by atoms with van der Waals surface area (Å²) in [6.45, 7) is 5.26. The molecule has 5 heteroatoms. The molecule has 1 saturated heterocycles. The summed E-state index contributed by atoms with van der Waals surface area (Å²) in [4.78, 5) is 16.4. The van der Waals surface area contributed by atoms with Gasteiger partial charge in [-0.1, -0.05) is 17.7 Å². The Labute approximate surface area is 131 Å². The minimum absolute atomic E-state index is 0.178. The maximum Gasteiger partial charge on any atom is 0.222 e. The summed E-state index contributed by atoms with van der Waals surface area (Å²) >= 11 is 6.02. The molecule has 1 aromatic rings. The monoisotopic (exact) mass is 309 g/mol. The van der Waals surface area contributed by atoms with Crippen molar-refractivity contribution in [2.24, 2.45) is 5.73 Å². The molecule has 0 spiro atoms. The van der Waals surface area contributed by atoms with Gasteiger partial charge in [-0.25, -0.2) is 0 Å². The molecule has 1 aliphatic heterocycles. The number of piperazine rings is 1. The third-order valence-electron chi connectivity index (χ3n) is 3.86. The average molecular weight is 310 g/mol. The second kappa shape index (κ2) is 7.66. The molecule has 2 N–H and O–H groups in total. The first-order valence-electron chi connectivity index (χ1n) is 7.60. The van der Waals surface area contributed by atoms with Crippen molar-refractivity contribution in [2.45, 2.75) is 32.2 Å². The predicted octanol–water partition coefficient (Wildman–Crippen LogP) is 2.51. The van der Waals surface area contributed by atoms with Gasteiger partial charge in [0.15, 0.2) is 0 Å². The van der Waals surface area contributed by atoms with Crippen LogP contribution in [0.1, 0.15) is 26.2 Å². The number of hydrogen-bond acceptors (Lipinski definition) is 3. The van der Waals surface area contributed by atoms with E-state index in [-0.39, 0.29) is 11.9 Å². The molecule has 1 atom stereocenters. The van der Waals surface area contributed by atoms with Gasteiger partial charge in [0.2, 0.25) is 5.91 Å². The number of rotatable bonds is 5. The first-order valence-corrected chi connectivity index (χ1v) is 7.98. The second-order valence-corrected chi connectivity index (χ2v) is 6.15. The molecule has 2 rings (SSSR count). The van der Waals surface area contributed by atoms with E-state index in [0.29, 0.717) is 6.42 Å². The van der Waals surface area contributed by atoms with E-state index in [1.54, 1.807) is 0 Å². The number of amides is 1. The van der Waals surface area contributed by atoms with Gasteiger partial charge in [-0.3, -0.25) is 4.79 Å². The van der Waals surface area contributed by atoms with Gasteiger partial charge in [0.1, 0.15) is 0 Å². The highest BCUT2D eigenvalue weighted by Gasteiger charge is 2.21. The summed E-state index contributed by atoms with van der Waals surface area (Å²) in [5.41, 5.74) is 6.84. The van der Waals surface area contributed by atoms with Crippen LogP contribution in [-0.2, 0) is 4.79 Å². The van der Waals surface area contributed by atoms with E-state index in [9.17, 15) is 4.79 Å². The fourth-order valence-corrected chi connectivity index (χ4v) is 2.80. The lowest BCUT2D eigenvalue weighted by atomic mass is 10.1. The number of carbonyl (C=O) groups is 1. The molecule has 0 aromatic heterocycles. The average Bonchev–Trinajstić information content (AvgIpc) is 2.47. The smallest absolute Gasteiger partial charge is 0.222 e. The first-order chi connectivity index (χ1) is 10.1. The maximum atomic E-state index is 12.1. The zero-order valence-electron chi connectivity index (χ0n) is 12.6. The molecular formula is C16H24ClN3O.